The standard InChI is InChI=1S/C14H13N3O3S/c1-20-10-4-9(6-16-7-10)14-17(19)11-3-2-8(13(15)18)5-12(11)21-14/h2-7,14,19H,1H3,(H2,15,18). The molecule has 1 aliphatic heterocycles. The quantitative estimate of drug-likeness (QED) is 0.903. The van der Waals surface area contributed by atoms with E-state index in [2.05, 4.69) is 4.98 Å². The lowest BCUT2D eigenvalue weighted by Crippen LogP contribution is -2.18. The molecule has 2 aromatic rings. The summed E-state index contributed by atoms with van der Waals surface area (Å²) < 4.78 is 5.14. The van der Waals surface area contributed by atoms with Crippen LogP contribution < -0.4 is 15.5 Å². The maximum Gasteiger partial charge on any atom is 0.248 e. The van der Waals surface area contributed by atoms with Crippen LogP contribution in [-0.4, -0.2) is 23.2 Å². The number of hydroxylamine groups is 1. The monoisotopic (exact) mass is 303 g/mol. The van der Waals surface area contributed by atoms with Gasteiger partial charge in [-0.25, -0.2) is 5.06 Å². The highest BCUT2D eigenvalue weighted by atomic mass is 32.2. The lowest BCUT2D eigenvalue weighted by atomic mass is 10.2. The van der Waals surface area contributed by atoms with E-state index in [0.29, 0.717) is 17.0 Å². The zero-order valence-corrected chi connectivity index (χ0v) is 12.0. The van der Waals surface area contributed by atoms with Crippen LogP contribution in [0.3, 0.4) is 0 Å². The highest BCUT2D eigenvalue weighted by Crippen LogP contribution is 2.50. The van der Waals surface area contributed by atoms with Gasteiger partial charge in [0.15, 0.2) is 0 Å². The Labute approximate surface area is 125 Å². The van der Waals surface area contributed by atoms with Gasteiger partial charge in [0.25, 0.3) is 0 Å². The van der Waals surface area contributed by atoms with E-state index >= 15 is 0 Å². The number of benzene rings is 1. The fourth-order valence-electron chi connectivity index (χ4n) is 2.14. The molecule has 0 saturated carbocycles. The number of nitrogens with zero attached hydrogens (tertiary/aromatic N) is 2. The van der Waals surface area contributed by atoms with E-state index in [1.165, 1.54) is 11.8 Å². The summed E-state index contributed by atoms with van der Waals surface area (Å²) >= 11 is 1.42. The molecule has 1 atom stereocenters. The summed E-state index contributed by atoms with van der Waals surface area (Å²) in [6.45, 7) is 0. The highest BCUT2D eigenvalue weighted by Gasteiger charge is 2.31. The smallest absolute Gasteiger partial charge is 0.248 e. The van der Waals surface area contributed by atoms with Crippen LogP contribution in [0.5, 0.6) is 5.75 Å². The molecule has 3 N–H and O–H groups in total. The molecule has 0 fully saturated rings. The first-order chi connectivity index (χ1) is 10.1. The minimum atomic E-state index is -0.491. The second kappa shape index (κ2) is 5.27. The minimum Gasteiger partial charge on any atom is -0.495 e. The number of ether oxygens (including phenoxy) is 1. The molecule has 6 nitrogen and oxygen atoms in total. The van der Waals surface area contributed by atoms with E-state index in [1.54, 1.807) is 37.7 Å². The molecule has 1 aliphatic rings. The summed E-state index contributed by atoms with van der Waals surface area (Å²) in [5, 5.41) is 11.1. The number of primary amides is 1. The number of fused-ring (bicyclic) bond motifs is 1. The van der Waals surface area contributed by atoms with Crippen molar-refractivity contribution in [2.45, 2.75) is 10.3 Å². The SMILES string of the molecule is COc1cncc(C2Sc3cc(C(N)=O)ccc3N2O)c1. The van der Waals surface area contributed by atoms with Crippen molar-refractivity contribution in [3.05, 3.63) is 47.8 Å². The maximum absolute atomic E-state index is 11.2. The van der Waals surface area contributed by atoms with Gasteiger partial charge in [-0.1, -0.05) is 11.8 Å². The lowest BCUT2D eigenvalue weighted by molar-refractivity contribution is 0.1000. The van der Waals surface area contributed by atoms with E-state index in [9.17, 15) is 10.0 Å². The first kappa shape index (κ1) is 13.7. The number of hydrogen-bond donors (Lipinski definition) is 2. The van der Waals surface area contributed by atoms with Gasteiger partial charge >= 0.3 is 0 Å². The molecule has 1 aromatic carbocycles. The van der Waals surface area contributed by atoms with Gasteiger partial charge in [0, 0.05) is 22.2 Å². The molecule has 0 radical (unpaired) electrons. The predicted octanol–water partition coefficient (Wildman–Crippen LogP) is 2.19. The summed E-state index contributed by atoms with van der Waals surface area (Å²) in [6, 6.07) is 6.76. The molecule has 1 aromatic heterocycles. The van der Waals surface area contributed by atoms with Gasteiger partial charge in [-0.2, -0.15) is 0 Å². The van der Waals surface area contributed by atoms with E-state index in [-0.39, 0.29) is 5.37 Å². The van der Waals surface area contributed by atoms with Crippen LogP contribution >= 0.6 is 11.8 Å². The highest BCUT2D eigenvalue weighted by molar-refractivity contribution is 8.00. The number of hydrogen-bond acceptors (Lipinski definition) is 6. The zero-order chi connectivity index (χ0) is 15.0. The molecule has 7 heteroatoms. The Bertz CT molecular complexity index is 708. The van der Waals surface area contributed by atoms with Crippen LogP contribution in [0.25, 0.3) is 0 Å². The van der Waals surface area contributed by atoms with Crippen LogP contribution in [0.15, 0.2) is 41.6 Å². The molecule has 0 bridgehead atoms. The van der Waals surface area contributed by atoms with Crippen molar-refractivity contribution >= 4 is 23.4 Å². The normalized spacial score (nSPS) is 16.7. The Morgan fingerprint density at radius 3 is 2.95 bits per heavy atom. The van der Waals surface area contributed by atoms with Crippen molar-refractivity contribution in [1.29, 1.82) is 0 Å². The van der Waals surface area contributed by atoms with Crippen molar-refractivity contribution in [2.24, 2.45) is 5.73 Å². The van der Waals surface area contributed by atoms with E-state index < -0.39 is 5.91 Å². The summed E-state index contributed by atoms with van der Waals surface area (Å²) in [4.78, 5) is 16.1. The van der Waals surface area contributed by atoms with E-state index in [1.807, 2.05) is 6.07 Å². The fraction of sp³-hybridized carbons (Fsp3) is 0.143. The van der Waals surface area contributed by atoms with Crippen LogP contribution in [0.4, 0.5) is 5.69 Å². The third-order valence-corrected chi connectivity index (χ3v) is 4.48. The lowest BCUT2D eigenvalue weighted by Gasteiger charge is -2.19. The first-order valence-electron chi connectivity index (χ1n) is 6.17. The number of amides is 1. The van der Waals surface area contributed by atoms with Gasteiger partial charge in [-0.15, -0.1) is 0 Å². The Morgan fingerprint density at radius 2 is 2.24 bits per heavy atom. The number of nitrogens with two attached hydrogens (primary N) is 1. The van der Waals surface area contributed by atoms with Gasteiger partial charge in [0.2, 0.25) is 5.91 Å². The minimum absolute atomic E-state index is 0.342. The average molecular weight is 303 g/mol. The van der Waals surface area contributed by atoms with Gasteiger partial charge in [0.05, 0.1) is 19.0 Å². The molecule has 2 heterocycles. The number of anilines is 1. The van der Waals surface area contributed by atoms with Gasteiger partial charge in [-0.05, 0) is 24.3 Å². The molecule has 0 saturated heterocycles. The summed E-state index contributed by atoms with van der Waals surface area (Å²) in [5.41, 5.74) is 7.13. The number of aromatic nitrogens is 1. The molecule has 1 amide bonds. The van der Waals surface area contributed by atoms with Crippen LogP contribution in [0.2, 0.25) is 0 Å². The van der Waals surface area contributed by atoms with E-state index in [4.69, 9.17) is 10.5 Å². The maximum atomic E-state index is 11.2. The molecular weight excluding hydrogens is 290 g/mol. The van der Waals surface area contributed by atoms with Crippen molar-refractivity contribution < 1.29 is 14.7 Å². The first-order valence-corrected chi connectivity index (χ1v) is 7.05. The Balaban J connectivity index is 1.95. The van der Waals surface area contributed by atoms with Gasteiger partial charge in [-0.3, -0.25) is 15.0 Å². The summed E-state index contributed by atoms with van der Waals surface area (Å²) in [5.74, 6) is 0.129. The van der Waals surface area contributed by atoms with Crippen molar-refractivity contribution in [3.8, 4) is 5.75 Å². The predicted molar refractivity (Wildman–Crippen MR) is 78.6 cm³/mol. The zero-order valence-electron chi connectivity index (χ0n) is 11.2. The van der Waals surface area contributed by atoms with Gasteiger partial charge in [0.1, 0.15) is 11.1 Å². The van der Waals surface area contributed by atoms with Crippen LogP contribution in [-0.2, 0) is 0 Å². The number of carbonyl (C=O) groups excluding carboxylic acids is 1. The molecular formula is C14H13N3O3S. The third-order valence-electron chi connectivity index (χ3n) is 3.21. The number of pyridine rings is 1. The fourth-order valence-corrected chi connectivity index (χ4v) is 3.34. The second-order valence-corrected chi connectivity index (χ2v) is 5.64. The molecule has 1 unspecified atom stereocenters. The summed E-state index contributed by atoms with van der Waals surface area (Å²) in [6.07, 6.45) is 3.27. The Kier molecular flexibility index (Phi) is 3.44. The number of thioether (sulfide) groups is 1. The van der Waals surface area contributed by atoms with E-state index in [0.717, 1.165) is 15.5 Å². The molecule has 0 aliphatic carbocycles. The summed E-state index contributed by atoms with van der Waals surface area (Å²) in [7, 11) is 1.56. The molecule has 21 heavy (non-hydrogen) atoms. The molecule has 3 rings (SSSR count). The average Bonchev–Trinajstić information content (AvgIpc) is 2.84. The van der Waals surface area contributed by atoms with Gasteiger partial charge < -0.3 is 10.5 Å². The van der Waals surface area contributed by atoms with Crippen LogP contribution in [0.1, 0.15) is 21.3 Å². The number of carbonyl (C=O) groups is 1. The van der Waals surface area contributed by atoms with Crippen LogP contribution in [0, 0.1) is 0 Å². The Morgan fingerprint density at radius 1 is 1.43 bits per heavy atom. The topological polar surface area (TPSA) is 88.7 Å². The number of methoxy groups -OCH3 is 1. The second-order valence-electron chi connectivity index (χ2n) is 4.52. The van der Waals surface area contributed by atoms with Crippen molar-refractivity contribution in [1.82, 2.24) is 4.98 Å². The van der Waals surface area contributed by atoms with Crippen molar-refractivity contribution in [3.63, 3.8) is 0 Å². The van der Waals surface area contributed by atoms with Crippen molar-refractivity contribution in [2.75, 3.05) is 12.2 Å². The molecule has 108 valence electrons. The Hall–Kier alpha value is -2.25. The third kappa shape index (κ3) is 2.41. The largest absolute Gasteiger partial charge is 0.495 e. The number of rotatable bonds is 3. The molecule has 0 spiro atoms.